The quantitative estimate of drug-likeness (QED) is 0.846. The number of carbonyl (C=O) groups is 1. The molecule has 0 spiro atoms. The van der Waals surface area contributed by atoms with Crippen LogP contribution in [0.5, 0.6) is 0 Å². The lowest BCUT2D eigenvalue weighted by atomic mass is 10.1. The molecule has 1 heterocycles. The van der Waals surface area contributed by atoms with Gasteiger partial charge in [0.1, 0.15) is 0 Å². The Bertz CT molecular complexity index is 579. The summed E-state index contributed by atoms with van der Waals surface area (Å²) in [5, 5.41) is 8.19. The number of nitrogens with zero attached hydrogens (tertiary/aromatic N) is 3. The van der Waals surface area contributed by atoms with Crippen molar-refractivity contribution in [3.63, 3.8) is 0 Å². The van der Waals surface area contributed by atoms with Gasteiger partial charge in [-0.2, -0.15) is 5.10 Å². The Balaban J connectivity index is 2.12. The fourth-order valence-electron chi connectivity index (χ4n) is 2.06. The van der Waals surface area contributed by atoms with Crippen molar-refractivity contribution >= 4 is 5.91 Å². The van der Waals surface area contributed by atoms with Gasteiger partial charge in [-0.3, -0.25) is 4.79 Å². The largest absolute Gasteiger partial charge is 0.333 e. The van der Waals surface area contributed by atoms with Crippen LogP contribution in [0.15, 0.2) is 42.5 Å². The first-order chi connectivity index (χ1) is 10.1. The average Bonchev–Trinajstić information content (AvgIpc) is 2.53. The van der Waals surface area contributed by atoms with E-state index >= 15 is 0 Å². The Hall–Kier alpha value is -2.23. The minimum atomic E-state index is -0.0795. The molecule has 0 atom stereocenters. The summed E-state index contributed by atoms with van der Waals surface area (Å²) in [5.74, 6) is 0.234. The Labute approximate surface area is 125 Å². The van der Waals surface area contributed by atoms with Crippen LogP contribution in [0.4, 0.5) is 0 Å². The summed E-state index contributed by atoms with van der Waals surface area (Å²) in [6.07, 6.45) is 0. The van der Waals surface area contributed by atoms with Gasteiger partial charge in [-0.1, -0.05) is 44.2 Å². The maximum absolute atomic E-state index is 12.5. The number of aromatic nitrogens is 2. The highest BCUT2D eigenvalue weighted by Crippen LogP contribution is 2.12. The summed E-state index contributed by atoms with van der Waals surface area (Å²) < 4.78 is 0. The molecule has 0 bridgehead atoms. The number of carbonyl (C=O) groups excluding carboxylic acids is 1. The van der Waals surface area contributed by atoms with Crippen LogP contribution in [0.2, 0.25) is 0 Å². The highest BCUT2D eigenvalue weighted by Gasteiger charge is 2.16. The normalized spacial score (nSPS) is 10.7. The van der Waals surface area contributed by atoms with Crippen molar-refractivity contribution in [3.05, 3.63) is 59.4 Å². The predicted molar refractivity (Wildman–Crippen MR) is 83.0 cm³/mol. The molecule has 4 nitrogen and oxygen atoms in total. The van der Waals surface area contributed by atoms with E-state index in [4.69, 9.17) is 0 Å². The number of benzene rings is 1. The Morgan fingerprint density at radius 1 is 1.10 bits per heavy atom. The van der Waals surface area contributed by atoms with E-state index in [0.29, 0.717) is 24.7 Å². The lowest BCUT2D eigenvalue weighted by molar-refractivity contribution is 0.0745. The molecule has 0 N–H and O–H groups in total. The second-order valence-electron chi connectivity index (χ2n) is 5.30. The summed E-state index contributed by atoms with van der Waals surface area (Å²) in [6.45, 7) is 7.31. The number of rotatable bonds is 5. The summed E-state index contributed by atoms with van der Waals surface area (Å²) in [7, 11) is 0. The fraction of sp³-hybridized carbons (Fsp3) is 0.353. The van der Waals surface area contributed by atoms with E-state index in [2.05, 4.69) is 24.0 Å². The number of hydrogen-bond donors (Lipinski definition) is 0. The van der Waals surface area contributed by atoms with Gasteiger partial charge in [-0.25, -0.2) is 0 Å². The van der Waals surface area contributed by atoms with Crippen LogP contribution in [0, 0.1) is 0 Å². The minimum Gasteiger partial charge on any atom is -0.333 e. The maximum Gasteiger partial charge on any atom is 0.274 e. The lowest BCUT2D eigenvalue weighted by Crippen LogP contribution is -2.31. The summed E-state index contributed by atoms with van der Waals surface area (Å²) >= 11 is 0. The molecule has 0 saturated heterocycles. The van der Waals surface area contributed by atoms with Crippen molar-refractivity contribution < 1.29 is 4.79 Å². The van der Waals surface area contributed by atoms with Crippen LogP contribution in [0.3, 0.4) is 0 Å². The van der Waals surface area contributed by atoms with Crippen molar-refractivity contribution in [3.8, 4) is 0 Å². The van der Waals surface area contributed by atoms with Gasteiger partial charge in [0.05, 0.1) is 5.69 Å². The van der Waals surface area contributed by atoms with Gasteiger partial charge < -0.3 is 4.90 Å². The molecule has 0 aliphatic heterocycles. The van der Waals surface area contributed by atoms with Crippen LogP contribution in [-0.4, -0.2) is 27.5 Å². The molecule has 0 aliphatic rings. The molecule has 0 unspecified atom stereocenters. The van der Waals surface area contributed by atoms with E-state index in [1.165, 1.54) is 0 Å². The zero-order valence-electron chi connectivity index (χ0n) is 12.8. The molecule has 110 valence electrons. The van der Waals surface area contributed by atoms with E-state index < -0.39 is 0 Å². The molecule has 0 radical (unpaired) electrons. The van der Waals surface area contributed by atoms with Gasteiger partial charge in [-0.05, 0) is 30.5 Å². The van der Waals surface area contributed by atoms with Gasteiger partial charge in [0, 0.05) is 13.1 Å². The van der Waals surface area contributed by atoms with Crippen molar-refractivity contribution in [1.82, 2.24) is 15.1 Å². The highest BCUT2D eigenvalue weighted by molar-refractivity contribution is 5.92. The van der Waals surface area contributed by atoms with Crippen LogP contribution < -0.4 is 0 Å². The standard InChI is InChI=1S/C17H21N3O/c1-4-20(12-14-8-6-5-7-9-14)17(21)16-11-10-15(13(2)3)18-19-16/h5-11,13H,4,12H2,1-3H3. The van der Waals surface area contributed by atoms with Crippen molar-refractivity contribution in [2.24, 2.45) is 0 Å². The molecular formula is C17H21N3O. The minimum absolute atomic E-state index is 0.0795. The summed E-state index contributed by atoms with van der Waals surface area (Å²) in [6, 6.07) is 13.6. The number of hydrogen-bond acceptors (Lipinski definition) is 3. The third-order valence-electron chi connectivity index (χ3n) is 3.38. The van der Waals surface area contributed by atoms with Crippen molar-refractivity contribution in [1.29, 1.82) is 0 Å². The summed E-state index contributed by atoms with van der Waals surface area (Å²) in [5.41, 5.74) is 2.41. The van der Waals surface area contributed by atoms with E-state index in [9.17, 15) is 4.79 Å². The van der Waals surface area contributed by atoms with E-state index in [-0.39, 0.29) is 5.91 Å². The van der Waals surface area contributed by atoms with E-state index in [1.54, 1.807) is 11.0 Å². The zero-order valence-corrected chi connectivity index (χ0v) is 12.8. The second kappa shape index (κ2) is 6.97. The maximum atomic E-state index is 12.5. The first kappa shape index (κ1) is 15.2. The lowest BCUT2D eigenvalue weighted by Gasteiger charge is -2.20. The SMILES string of the molecule is CCN(Cc1ccccc1)C(=O)c1ccc(C(C)C)nn1. The molecule has 2 rings (SSSR count). The van der Waals surface area contributed by atoms with Crippen LogP contribution >= 0.6 is 0 Å². The van der Waals surface area contributed by atoms with Gasteiger partial charge in [-0.15, -0.1) is 5.10 Å². The van der Waals surface area contributed by atoms with E-state index in [1.807, 2.05) is 43.3 Å². The van der Waals surface area contributed by atoms with Gasteiger partial charge >= 0.3 is 0 Å². The topological polar surface area (TPSA) is 46.1 Å². The molecule has 1 aromatic carbocycles. The Morgan fingerprint density at radius 3 is 2.33 bits per heavy atom. The first-order valence-electron chi connectivity index (χ1n) is 7.28. The van der Waals surface area contributed by atoms with Crippen LogP contribution in [-0.2, 0) is 6.54 Å². The molecule has 0 saturated carbocycles. The fourth-order valence-corrected chi connectivity index (χ4v) is 2.06. The third-order valence-corrected chi connectivity index (χ3v) is 3.38. The molecule has 21 heavy (non-hydrogen) atoms. The van der Waals surface area contributed by atoms with Gasteiger partial charge in [0.25, 0.3) is 5.91 Å². The smallest absolute Gasteiger partial charge is 0.274 e. The summed E-state index contributed by atoms with van der Waals surface area (Å²) in [4.78, 5) is 14.3. The predicted octanol–water partition coefficient (Wildman–Crippen LogP) is 3.26. The average molecular weight is 283 g/mol. The van der Waals surface area contributed by atoms with Gasteiger partial charge in [0.15, 0.2) is 5.69 Å². The molecule has 0 aliphatic carbocycles. The molecule has 2 aromatic rings. The Kier molecular flexibility index (Phi) is 5.04. The molecule has 1 amide bonds. The molecule has 4 heteroatoms. The molecular weight excluding hydrogens is 262 g/mol. The van der Waals surface area contributed by atoms with Gasteiger partial charge in [0.2, 0.25) is 0 Å². The number of amides is 1. The third kappa shape index (κ3) is 3.88. The second-order valence-corrected chi connectivity index (χ2v) is 5.30. The molecule has 1 aromatic heterocycles. The monoisotopic (exact) mass is 283 g/mol. The Morgan fingerprint density at radius 2 is 1.81 bits per heavy atom. The highest BCUT2D eigenvalue weighted by atomic mass is 16.2. The first-order valence-corrected chi connectivity index (χ1v) is 7.28. The van der Waals surface area contributed by atoms with Crippen LogP contribution in [0.1, 0.15) is 48.4 Å². The van der Waals surface area contributed by atoms with Crippen molar-refractivity contribution in [2.75, 3.05) is 6.54 Å². The van der Waals surface area contributed by atoms with Crippen LogP contribution in [0.25, 0.3) is 0 Å². The van der Waals surface area contributed by atoms with Crippen molar-refractivity contribution in [2.45, 2.75) is 33.2 Å². The van der Waals surface area contributed by atoms with E-state index in [0.717, 1.165) is 11.3 Å². The molecule has 0 fully saturated rings. The zero-order chi connectivity index (χ0) is 15.2.